The summed E-state index contributed by atoms with van der Waals surface area (Å²) in [5, 5.41) is 3.42. The Labute approximate surface area is 115 Å². The zero-order valence-electron chi connectivity index (χ0n) is 12.0. The van der Waals surface area contributed by atoms with Crippen molar-refractivity contribution in [1.29, 1.82) is 0 Å². The molecule has 5 heteroatoms. The molecule has 0 aromatic heterocycles. The van der Waals surface area contributed by atoms with Crippen molar-refractivity contribution in [2.75, 3.05) is 32.8 Å². The maximum Gasteiger partial charge on any atom is 0.237 e. The molecule has 19 heavy (non-hydrogen) atoms. The van der Waals surface area contributed by atoms with Crippen LogP contribution in [-0.2, 0) is 9.53 Å². The van der Waals surface area contributed by atoms with Crippen molar-refractivity contribution < 1.29 is 9.53 Å². The molecule has 0 aromatic rings. The van der Waals surface area contributed by atoms with Crippen LogP contribution >= 0.6 is 0 Å². The van der Waals surface area contributed by atoms with E-state index in [4.69, 9.17) is 10.5 Å². The molecule has 2 rings (SSSR count). The molecule has 0 bridgehead atoms. The average Bonchev–Trinajstić information content (AvgIpc) is 2.46. The Hall–Kier alpha value is -0.650. The molecule has 2 atom stereocenters. The fourth-order valence-electron chi connectivity index (χ4n) is 3.34. The predicted molar refractivity (Wildman–Crippen MR) is 74.9 cm³/mol. The van der Waals surface area contributed by atoms with Crippen molar-refractivity contribution in [3.05, 3.63) is 0 Å². The zero-order chi connectivity index (χ0) is 13.7. The lowest BCUT2D eigenvalue weighted by Crippen LogP contribution is -2.61. The lowest BCUT2D eigenvalue weighted by atomic mass is 9.77. The number of nitrogens with zero attached hydrogens (tertiary/aromatic N) is 1. The molecule has 0 radical (unpaired) electrons. The van der Waals surface area contributed by atoms with Gasteiger partial charge in [0.25, 0.3) is 0 Å². The van der Waals surface area contributed by atoms with Gasteiger partial charge in [0.05, 0.1) is 18.8 Å². The van der Waals surface area contributed by atoms with Crippen LogP contribution in [0.1, 0.15) is 39.0 Å². The van der Waals surface area contributed by atoms with Crippen molar-refractivity contribution in [2.45, 2.75) is 50.6 Å². The summed E-state index contributed by atoms with van der Waals surface area (Å²) < 4.78 is 5.41. The molecule has 1 aliphatic heterocycles. The smallest absolute Gasteiger partial charge is 0.237 e. The fraction of sp³-hybridized carbons (Fsp3) is 0.929. The number of rotatable bonds is 5. The molecule has 2 fully saturated rings. The van der Waals surface area contributed by atoms with E-state index in [0.717, 1.165) is 58.5 Å². The second kappa shape index (κ2) is 6.68. The summed E-state index contributed by atoms with van der Waals surface area (Å²) in [5.41, 5.74) is 5.20. The highest BCUT2D eigenvalue weighted by Crippen LogP contribution is 2.31. The van der Waals surface area contributed by atoms with Crippen LogP contribution in [0.2, 0.25) is 0 Å². The largest absolute Gasteiger partial charge is 0.379 e. The van der Waals surface area contributed by atoms with E-state index in [1.165, 1.54) is 6.42 Å². The SMILES string of the molecule is CCCNC1(C(N)=O)CCCC(N2CCOCC2)C1. The zero-order valence-corrected chi connectivity index (χ0v) is 12.0. The number of carbonyl (C=O) groups excluding carboxylic acids is 1. The Morgan fingerprint density at radius 1 is 1.47 bits per heavy atom. The van der Waals surface area contributed by atoms with E-state index in [0.29, 0.717) is 6.04 Å². The molecule has 110 valence electrons. The number of ether oxygens (including phenoxy) is 1. The first-order valence-corrected chi connectivity index (χ1v) is 7.55. The second-order valence-corrected chi connectivity index (χ2v) is 5.77. The van der Waals surface area contributed by atoms with Crippen LogP contribution in [0.25, 0.3) is 0 Å². The first kappa shape index (κ1) is 14.8. The lowest BCUT2D eigenvalue weighted by molar-refractivity contribution is -0.127. The number of nitrogens with one attached hydrogen (secondary N) is 1. The number of hydrogen-bond donors (Lipinski definition) is 2. The summed E-state index contributed by atoms with van der Waals surface area (Å²) in [7, 11) is 0. The highest BCUT2D eigenvalue weighted by atomic mass is 16.5. The molecule has 0 spiro atoms. The quantitative estimate of drug-likeness (QED) is 0.762. The van der Waals surface area contributed by atoms with Gasteiger partial charge in [-0.15, -0.1) is 0 Å². The van der Waals surface area contributed by atoms with Crippen LogP contribution < -0.4 is 11.1 Å². The third kappa shape index (κ3) is 3.46. The summed E-state index contributed by atoms with van der Waals surface area (Å²) in [4.78, 5) is 14.4. The Balaban J connectivity index is 2.01. The summed E-state index contributed by atoms with van der Waals surface area (Å²) in [6, 6.07) is 0.467. The number of hydrogen-bond acceptors (Lipinski definition) is 4. The van der Waals surface area contributed by atoms with E-state index in [2.05, 4.69) is 17.1 Å². The Bertz CT molecular complexity index is 305. The van der Waals surface area contributed by atoms with Gasteiger partial charge in [0.2, 0.25) is 5.91 Å². The molecule has 1 aliphatic carbocycles. The average molecular weight is 269 g/mol. The van der Waals surface area contributed by atoms with Crippen molar-refractivity contribution in [3.63, 3.8) is 0 Å². The van der Waals surface area contributed by atoms with Gasteiger partial charge in [0.15, 0.2) is 0 Å². The van der Waals surface area contributed by atoms with Gasteiger partial charge in [0.1, 0.15) is 0 Å². The molecule has 2 unspecified atom stereocenters. The van der Waals surface area contributed by atoms with Gasteiger partial charge in [0, 0.05) is 19.1 Å². The van der Waals surface area contributed by atoms with Gasteiger partial charge in [-0.3, -0.25) is 9.69 Å². The fourth-order valence-corrected chi connectivity index (χ4v) is 3.34. The van der Waals surface area contributed by atoms with E-state index < -0.39 is 5.54 Å². The first-order chi connectivity index (χ1) is 9.18. The maximum atomic E-state index is 11.9. The topological polar surface area (TPSA) is 67.6 Å². The Morgan fingerprint density at radius 3 is 2.84 bits per heavy atom. The van der Waals surface area contributed by atoms with Crippen molar-refractivity contribution in [2.24, 2.45) is 5.73 Å². The van der Waals surface area contributed by atoms with E-state index in [9.17, 15) is 4.79 Å². The van der Waals surface area contributed by atoms with Crippen molar-refractivity contribution in [3.8, 4) is 0 Å². The van der Waals surface area contributed by atoms with Gasteiger partial charge < -0.3 is 15.8 Å². The number of nitrogens with two attached hydrogens (primary N) is 1. The molecular formula is C14H27N3O2. The molecule has 1 amide bonds. The Kier molecular flexibility index (Phi) is 5.19. The normalized spacial score (nSPS) is 33.2. The van der Waals surface area contributed by atoms with Crippen LogP contribution in [-0.4, -0.2) is 55.2 Å². The van der Waals surface area contributed by atoms with E-state index in [-0.39, 0.29) is 5.91 Å². The van der Waals surface area contributed by atoms with E-state index >= 15 is 0 Å². The summed E-state index contributed by atoms with van der Waals surface area (Å²) in [6.45, 7) is 6.55. The Morgan fingerprint density at radius 2 is 2.21 bits per heavy atom. The standard InChI is InChI=1S/C14H27N3O2/c1-2-6-16-14(13(15)18)5-3-4-12(11-14)17-7-9-19-10-8-17/h12,16H,2-11H2,1H3,(H2,15,18). The van der Waals surface area contributed by atoms with E-state index in [1.54, 1.807) is 0 Å². The third-order valence-corrected chi connectivity index (χ3v) is 4.47. The minimum absolute atomic E-state index is 0.182. The van der Waals surface area contributed by atoms with Gasteiger partial charge in [-0.2, -0.15) is 0 Å². The predicted octanol–water partition coefficient (Wildman–Crippen LogP) is 0.485. The molecule has 1 saturated heterocycles. The summed E-state index contributed by atoms with van der Waals surface area (Å²) >= 11 is 0. The maximum absolute atomic E-state index is 11.9. The summed E-state index contributed by atoms with van der Waals surface area (Å²) in [5.74, 6) is -0.182. The van der Waals surface area contributed by atoms with Crippen LogP contribution in [0.15, 0.2) is 0 Å². The monoisotopic (exact) mass is 269 g/mol. The van der Waals surface area contributed by atoms with E-state index in [1.807, 2.05) is 0 Å². The number of morpholine rings is 1. The van der Waals surface area contributed by atoms with Crippen LogP contribution in [0.5, 0.6) is 0 Å². The highest BCUT2D eigenvalue weighted by molar-refractivity contribution is 5.84. The number of amides is 1. The number of carbonyl (C=O) groups is 1. The second-order valence-electron chi connectivity index (χ2n) is 5.77. The molecule has 5 nitrogen and oxygen atoms in total. The lowest BCUT2D eigenvalue weighted by Gasteiger charge is -2.44. The molecule has 1 heterocycles. The van der Waals surface area contributed by atoms with Crippen molar-refractivity contribution in [1.82, 2.24) is 10.2 Å². The first-order valence-electron chi connectivity index (χ1n) is 7.55. The van der Waals surface area contributed by atoms with Crippen LogP contribution in [0.3, 0.4) is 0 Å². The third-order valence-electron chi connectivity index (χ3n) is 4.47. The van der Waals surface area contributed by atoms with Gasteiger partial charge >= 0.3 is 0 Å². The van der Waals surface area contributed by atoms with Gasteiger partial charge in [-0.25, -0.2) is 0 Å². The molecule has 3 N–H and O–H groups in total. The van der Waals surface area contributed by atoms with Gasteiger partial charge in [-0.1, -0.05) is 6.92 Å². The minimum atomic E-state index is -0.489. The van der Waals surface area contributed by atoms with Gasteiger partial charge in [-0.05, 0) is 38.6 Å². The highest BCUT2D eigenvalue weighted by Gasteiger charge is 2.42. The van der Waals surface area contributed by atoms with Crippen molar-refractivity contribution >= 4 is 5.91 Å². The minimum Gasteiger partial charge on any atom is -0.379 e. The molecule has 0 aromatic carbocycles. The number of primary amides is 1. The summed E-state index contributed by atoms with van der Waals surface area (Å²) in [6.07, 6.45) is 4.99. The molecular weight excluding hydrogens is 242 g/mol. The molecule has 2 aliphatic rings. The molecule has 1 saturated carbocycles. The van der Waals surface area contributed by atoms with Crippen LogP contribution in [0.4, 0.5) is 0 Å². The van der Waals surface area contributed by atoms with Crippen LogP contribution in [0, 0.1) is 0 Å².